The van der Waals surface area contributed by atoms with Crippen molar-refractivity contribution >= 4 is 17.6 Å². The van der Waals surface area contributed by atoms with Crippen molar-refractivity contribution in [2.45, 2.75) is 32.9 Å². The largest absolute Gasteiger partial charge is 0.350 e. The molecule has 6 nitrogen and oxygen atoms in total. The van der Waals surface area contributed by atoms with Crippen LogP contribution in [0.2, 0.25) is 0 Å². The first-order chi connectivity index (χ1) is 11.6. The molecule has 3 amide bonds. The van der Waals surface area contributed by atoms with Crippen molar-refractivity contribution in [2.75, 3.05) is 5.32 Å². The summed E-state index contributed by atoms with van der Waals surface area (Å²) in [5.41, 5.74) is 2.11. The van der Waals surface area contributed by atoms with Crippen LogP contribution < -0.4 is 16.0 Å². The van der Waals surface area contributed by atoms with Crippen LogP contribution in [0.4, 0.5) is 10.5 Å². The topological polar surface area (TPSA) is 83.1 Å². The summed E-state index contributed by atoms with van der Waals surface area (Å²) in [7, 11) is 0. The Morgan fingerprint density at radius 3 is 2.54 bits per heavy atom. The summed E-state index contributed by atoms with van der Waals surface area (Å²) in [6.07, 6.45) is 4.26. The normalized spacial score (nSPS) is 11.4. The molecule has 1 unspecified atom stereocenters. The van der Waals surface area contributed by atoms with Gasteiger partial charge in [0.25, 0.3) is 5.91 Å². The highest BCUT2D eigenvalue weighted by atomic mass is 16.2. The molecule has 0 aliphatic rings. The number of carbonyl (C=O) groups is 2. The zero-order chi connectivity index (χ0) is 17.4. The van der Waals surface area contributed by atoms with Gasteiger partial charge in [-0.15, -0.1) is 0 Å². The van der Waals surface area contributed by atoms with E-state index in [4.69, 9.17) is 0 Å². The van der Waals surface area contributed by atoms with Crippen LogP contribution in [0.5, 0.6) is 0 Å². The molecule has 0 saturated heterocycles. The maximum Gasteiger partial charge on any atom is 0.319 e. The summed E-state index contributed by atoms with van der Waals surface area (Å²) in [5, 5.41) is 8.38. The van der Waals surface area contributed by atoms with E-state index in [-0.39, 0.29) is 18.0 Å². The van der Waals surface area contributed by atoms with Crippen LogP contribution in [0, 0.1) is 0 Å². The highest BCUT2D eigenvalue weighted by Gasteiger charge is 2.08. The zero-order valence-electron chi connectivity index (χ0n) is 13.9. The van der Waals surface area contributed by atoms with Crippen molar-refractivity contribution in [1.82, 2.24) is 15.6 Å². The van der Waals surface area contributed by atoms with Gasteiger partial charge in [-0.1, -0.05) is 13.0 Å². The third-order valence-corrected chi connectivity index (χ3v) is 3.57. The van der Waals surface area contributed by atoms with Crippen LogP contribution in [-0.4, -0.2) is 23.0 Å². The first-order valence-corrected chi connectivity index (χ1v) is 7.93. The number of hydrogen-bond acceptors (Lipinski definition) is 3. The van der Waals surface area contributed by atoms with Crippen LogP contribution in [0.15, 0.2) is 48.8 Å². The van der Waals surface area contributed by atoms with Gasteiger partial charge in [0.2, 0.25) is 0 Å². The Labute approximate surface area is 141 Å². The molecule has 1 atom stereocenters. The molecule has 1 heterocycles. The van der Waals surface area contributed by atoms with E-state index >= 15 is 0 Å². The van der Waals surface area contributed by atoms with Crippen LogP contribution >= 0.6 is 0 Å². The molecular weight excluding hydrogens is 304 g/mol. The highest BCUT2D eigenvalue weighted by molar-refractivity contribution is 5.95. The Morgan fingerprint density at radius 2 is 1.92 bits per heavy atom. The molecule has 24 heavy (non-hydrogen) atoms. The van der Waals surface area contributed by atoms with Crippen molar-refractivity contribution in [1.29, 1.82) is 0 Å². The monoisotopic (exact) mass is 326 g/mol. The second kappa shape index (κ2) is 8.67. The van der Waals surface area contributed by atoms with E-state index in [0.717, 1.165) is 12.0 Å². The molecule has 2 rings (SSSR count). The molecule has 0 aliphatic heterocycles. The number of aromatic nitrogens is 1. The molecule has 126 valence electrons. The van der Waals surface area contributed by atoms with Gasteiger partial charge < -0.3 is 16.0 Å². The van der Waals surface area contributed by atoms with E-state index in [9.17, 15) is 9.59 Å². The lowest BCUT2D eigenvalue weighted by Gasteiger charge is -2.12. The molecule has 6 heteroatoms. The predicted molar refractivity (Wildman–Crippen MR) is 93.8 cm³/mol. The van der Waals surface area contributed by atoms with E-state index in [0.29, 0.717) is 17.8 Å². The van der Waals surface area contributed by atoms with E-state index in [2.05, 4.69) is 20.9 Å². The van der Waals surface area contributed by atoms with Gasteiger partial charge in [0, 0.05) is 36.2 Å². The maximum absolute atomic E-state index is 12.0. The van der Waals surface area contributed by atoms with Crippen molar-refractivity contribution in [2.24, 2.45) is 0 Å². The Balaban J connectivity index is 1.84. The number of nitrogens with one attached hydrogen (secondary N) is 3. The molecule has 0 aliphatic carbocycles. The van der Waals surface area contributed by atoms with Gasteiger partial charge in [0.05, 0.1) is 0 Å². The summed E-state index contributed by atoms with van der Waals surface area (Å²) in [4.78, 5) is 27.8. The van der Waals surface area contributed by atoms with Gasteiger partial charge >= 0.3 is 6.03 Å². The molecule has 2 aromatic rings. The fraction of sp³-hybridized carbons (Fsp3) is 0.278. The third kappa shape index (κ3) is 5.39. The Hall–Kier alpha value is -2.89. The van der Waals surface area contributed by atoms with E-state index in [1.165, 1.54) is 0 Å². The Kier molecular flexibility index (Phi) is 6.31. The number of rotatable bonds is 6. The molecule has 1 aromatic carbocycles. The second-order valence-electron chi connectivity index (χ2n) is 5.53. The Morgan fingerprint density at radius 1 is 1.17 bits per heavy atom. The average Bonchev–Trinajstić information content (AvgIpc) is 2.61. The number of amides is 3. The van der Waals surface area contributed by atoms with E-state index in [1.54, 1.807) is 36.7 Å². The van der Waals surface area contributed by atoms with Crippen LogP contribution in [-0.2, 0) is 6.54 Å². The fourth-order valence-electron chi connectivity index (χ4n) is 1.97. The fourth-order valence-corrected chi connectivity index (χ4v) is 1.97. The maximum atomic E-state index is 12.0. The van der Waals surface area contributed by atoms with Gasteiger partial charge in [-0.25, -0.2) is 4.79 Å². The van der Waals surface area contributed by atoms with Crippen LogP contribution in [0.1, 0.15) is 36.2 Å². The summed E-state index contributed by atoms with van der Waals surface area (Å²) in [6, 6.07) is 10.3. The number of urea groups is 1. The van der Waals surface area contributed by atoms with Crippen molar-refractivity contribution in [3.05, 3.63) is 59.9 Å². The van der Waals surface area contributed by atoms with Gasteiger partial charge in [-0.3, -0.25) is 9.78 Å². The SMILES string of the molecule is CCC(C)NC(=O)c1ccc(NC(=O)NCc2cccnc2)cc1. The van der Waals surface area contributed by atoms with Gasteiger partial charge in [0.1, 0.15) is 0 Å². The highest BCUT2D eigenvalue weighted by Crippen LogP contribution is 2.10. The number of nitrogens with zero attached hydrogens (tertiary/aromatic N) is 1. The molecular formula is C18H22N4O2. The molecule has 1 aromatic heterocycles. The molecule has 3 N–H and O–H groups in total. The molecule has 0 bridgehead atoms. The first kappa shape index (κ1) is 17.5. The minimum absolute atomic E-state index is 0.114. The summed E-state index contributed by atoms with van der Waals surface area (Å²) >= 11 is 0. The summed E-state index contributed by atoms with van der Waals surface area (Å²) in [5.74, 6) is -0.114. The summed E-state index contributed by atoms with van der Waals surface area (Å²) in [6.45, 7) is 4.37. The van der Waals surface area contributed by atoms with Gasteiger partial charge in [-0.05, 0) is 49.2 Å². The summed E-state index contributed by atoms with van der Waals surface area (Å²) < 4.78 is 0. The minimum Gasteiger partial charge on any atom is -0.350 e. The van der Waals surface area contributed by atoms with Crippen molar-refractivity contribution in [3.63, 3.8) is 0 Å². The lowest BCUT2D eigenvalue weighted by molar-refractivity contribution is 0.0939. The number of benzene rings is 1. The molecule has 0 saturated carbocycles. The minimum atomic E-state index is -0.310. The predicted octanol–water partition coefficient (Wildman–Crippen LogP) is 2.93. The molecule has 0 fully saturated rings. The van der Waals surface area contributed by atoms with E-state index in [1.807, 2.05) is 26.0 Å². The van der Waals surface area contributed by atoms with Gasteiger partial charge in [-0.2, -0.15) is 0 Å². The van der Waals surface area contributed by atoms with Crippen molar-refractivity contribution in [3.8, 4) is 0 Å². The number of pyridine rings is 1. The smallest absolute Gasteiger partial charge is 0.319 e. The van der Waals surface area contributed by atoms with Crippen molar-refractivity contribution < 1.29 is 9.59 Å². The molecule has 0 radical (unpaired) electrons. The van der Waals surface area contributed by atoms with Crippen LogP contribution in [0.3, 0.4) is 0 Å². The second-order valence-corrected chi connectivity index (χ2v) is 5.53. The number of anilines is 1. The standard InChI is InChI=1S/C18H22N4O2/c1-3-13(2)21-17(23)15-6-8-16(9-7-15)22-18(24)20-12-14-5-4-10-19-11-14/h4-11,13H,3,12H2,1-2H3,(H,21,23)(H2,20,22,24). The zero-order valence-corrected chi connectivity index (χ0v) is 13.9. The van der Waals surface area contributed by atoms with E-state index < -0.39 is 0 Å². The number of hydrogen-bond donors (Lipinski definition) is 3. The average molecular weight is 326 g/mol. The van der Waals surface area contributed by atoms with Crippen LogP contribution in [0.25, 0.3) is 0 Å². The first-order valence-electron chi connectivity index (χ1n) is 7.93. The lowest BCUT2D eigenvalue weighted by Crippen LogP contribution is -2.32. The molecule has 0 spiro atoms. The number of carbonyl (C=O) groups excluding carboxylic acids is 2. The van der Waals surface area contributed by atoms with Gasteiger partial charge in [0.15, 0.2) is 0 Å². The Bertz CT molecular complexity index is 671. The lowest BCUT2D eigenvalue weighted by atomic mass is 10.1. The third-order valence-electron chi connectivity index (χ3n) is 3.57. The quantitative estimate of drug-likeness (QED) is 0.763.